The van der Waals surface area contributed by atoms with Crippen LogP contribution in [0.15, 0.2) is 24.3 Å². The summed E-state index contributed by atoms with van der Waals surface area (Å²) in [4.78, 5) is 0. The monoisotopic (exact) mass is 255 g/mol. The Morgan fingerprint density at radius 3 is 2.53 bits per heavy atom. The first kappa shape index (κ1) is 12.2. The molecule has 94 valence electrons. The summed E-state index contributed by atoms with van der Waals surface area (Å²) in [6.07, 6.45) is 1.33. The number of para-hydroxylation sites is 2. The molecule has 1 aromatic rings. The average Bonchev–Trinajstić information content (AvgIpc) is 2.32. The molecule has 2 rings (SSSR count). The van der Waals surface area contributed by atoms with Gasteiger partial charge >= 0.3 is 0 Å². The first-order chi connectivity index (χ1) is 8.11. The van der Waals surface area contributed by atoms with Gasteiger partial charge in [-0.05, 0) is 25.0 Å². The number of rotatable bonds is 3. The van der Waals surface area contributed by atoms with E-state index in [2.05, 4.69) is 5.32 Å². The Bertz CT molecular complexity index is 470. The molecule has 1 fully saturated rings. The number of hydrogen-bond acceptors (Lipinski definition) is 4. The molecule has 0 spiro atoms. The summed E-state index contributed by atoms with van der Waals surface area (Å²) in [5, 5.41) is 3.35. The van der Waals surface area contributed by atoms with Crippen LogP contribution >= 0.6 is 0 Å². The molecule has 0 radical (unpaired) electrons. The molecule has 4 nitrogen and oxygen atoms in total. The lowest BCUT2D eigenvalue weighted by molar-refractivity contribution is 0.415. The van der Waals surface area contributed by atoms with Gasteiger partial charge in [-0.15, -0.1) is 0 Å². The molecule has 0 aliphatic carbocycles. The Balaban J connectivity index is 2.02. The minimum absolute atomic E-state index is 0.217. The molecule has 0 amide bonds. The fourth-order valence-corrected chi connectivity index (χ4v) is 3.51. The maximum atomic E-state index is 11.3. The van der Waals surface area contributed by atoms with Gasteiger partial charge in [-0.2, -0.15) is 0 Å². The number of hydrogen-bond donors (Lipinski definition) is 1. The second kappa shape index (κ2) is 4.96. The Hall–Kier alpha value is -1.23. The molecule has 1 aromatic carbocycles. The molecule has 0 unspecified atom stereocenters. The van der Waals surface area contributed by atoms with Crippen LogP contribution in [0.3, 0.4) is 0 Å². The minimum Gasteiger partial charge on any atom is -0.495 e. The molecule has 1 N–H and O–H groups in total. The van der Waals surface area contributed by atoms with Crippen molar-refractivity contribution in [1.29, 1.82) is 0 Å². The van der Waals surface area contributed by atoms with Gasteiger partial charge in [0, 0.05) is 6.04 Å². The van der Waals surface area contributed by atoms with Crippen molar-refractivity contribution in [3.63, 3.8) is 0 Å². The fourth-order valence-electron chi connectivity index (χ4n) is 2.02. The zero-order valence-corrected chi connectivity index (χ0v) is 10.7. The van der Waals surface area contributed by atoms with E-state index < -0.39 is 9.84 Å². The van der Waals surface area contributed by atoms with Crippen molar-refractivity contribution in [3.05, 3.63) is 24.3 Å². The van der Waals surface area contributed by atoms with Crippen molar-refractivity contribution >= 4 is 15.5 Å². The van der Waals surface area contributed by atoms with Gasteiger partial charge in [0.15, 0.2) is 0 Å². The highest BCUT2D eigenvalue weighted by molar-refractivity contribution is 7.91. The van der Waals surface area contributed by atoms with Crippen LogP contribution in [0, 0.1) is 0 Å². The summed E-state index contributed by atoms with van der Waals surface area (Å²) in [5.41, 5.74) is 0.930. The number of benzene rings is 1. The number of methoxy groups -OCH3 is 1. The highest BCUT2D eigenvalue weighted by Crippen LogP contribution is 2.26. The van der Waals surface area contributed by atoms with Gasteiger partial charge in [0.05, 0.1) is 24.3 Å². The lowest BCUT2D eigenvalue weighted by Gasteiger charge is -2.24. The van der Waals surface area contributed by atoms with Crippen molar-refractivity contribution in [1.82, 2.24) is 0 Å². The van der Waals surface area contributed by atoms with Gasteiger partial charge in [0.1, 0.15) is 15.6 Å². The number of anilines is 1. The minimum atomic E-state index is -2.79. The fraction of sp³-hybridized carbons (Fsp3) is 0.500. The van der Waals surface area contributed by atoms with Crippen molar-refractivity contribution in [2.45, 2.75) is 18.9 Å². The first-order valence-electron chi connectivity index (χ1n) is 5.71. The predicted octanol–water partition coefficient (Wildman–Crippen LogP) is 1.68. The third kappa shape index (κ3) is 3.12. The lowest BCUT2D eigenvalue weighted by atomic mass is 10.1. The van der Waals surface area contributed by atoms with Crippen molar-refractivity contribution < 1.29 is 13.2 Å². The zero-order chi connectivity index (χ0) is 12.3. The number of ether oxygens (including phenoxy) is 1. The normalized spacial score (nSPS) is 19.8. The van der Waals surface area contributed by atoms with Gasteiger partial charge in [0.25, 0.3) is 0 Å². The van der Waals surface area contributed by atoms with Crippen molar-refractivity contribution in [2.75, 3.05) is 23.9 Å². The van der Waals surface area contributed by atoms with E-state index in [9.17, 15) is 8.42 Å². The molecule has 0 saturated carbocycles. The Morgan fingerprint density at radius 2 is 1.88 bits per heavy atom. The summed E-state index contributed by atoms with van der Waals surface area (Å²) in [6, 6.07) is 7.90. The summed E-state index contributed by atoms with van der Waals surface area (Å²) in [5.74, 6) is 1.35. The van der Waals surface area contributed by atoms with Crippen LogP contribution in [0.5, 0.6) is 5.75 Å². The van der Waals surface area contributed by atoms with Crippen LogP contribution in [0.1, 0.15) is 12.8 Å². The second-order valence-electron chi connectivity index (χ2n) is 4.27. The molecular formula is C12H17NO3S. The van der Waals surface area contributed by atoms with Crippen molar-refractivity contribution in [2.24, 2.45) is 0 Å². The van der Waals surface area contributed by atoms with Crippen LogP contribution in [-0.2, 0) is 9.84 Å². The van der Waals surface area contributed by atoms with Gasteiger partial charge in [-0.3, -0.25) is 0 Å². The highest BCUT2D eigenvalue weighted by atomic mass is 32.2. The lowest BCUT2D eigenvalue weighted by Crippen LogP contribution is -2.32. The second-order valence-corrected chi connectivity index (χ2v) is 6.57. The van der Waals surface area contributed by atoms with Crippen LogP contribution in [0.4, 0.5) is 5.69 Å². The maximum Gasteiger partial charge on any atom is 0.150 e. The van der Waals surface area contributed by atoms with Crippen LogP contribution in [-0.4, -0.2) is 33.1 Å². The van der Waals surface area contributed by atoms with Gasteiger partial charge in [0.2, 0.25) is 0 Å². The third-order valence-electron chi connectivity index (χ3n) is 3.02. The molecule has 0 aromatic heterocycles. The Morgan fingerprint density at radius 1 is 1.24 bits per heavy atom. The molecule has 17 heavy (non-hydrogen) atoms. The van der Waals surface area contributed by atoms with E-state index in [0.29, 0.717) is 12.8 Å². The smallest absolute Gasteiger partial charge is 0.150 e. The summed E-state index contributed by atoms with van der Waals surface area (Å²) >= 11 is 0. The topological polar surface area (TPSA) is 55.4 Å². The van der Waals surface area contributed by atoms with Gasteiger partial charge in [-0.1, -0.05) is 12.1 Å². The maximum absolute atomic E-state index is 11.3. The Labute approximate surface area is 102 Å². The average molecular weight is 255 g/mol. The molecule has 1 aliphatic heterocycles. The van der Waals surface area contributed by atoms with E-state index in [1.807, 2.05) is 24.3 Å². The van der Waals surface area contributed by atoms with Crippen LogP contribution in [0.2, 0.25) is 0 Å². The Kier molecular flexibility index (Phi) is 3.57. The van der Waals surface area contributed by atoms with Crippen LogP contribution < -0.4 is 10.1 Å². The largest absolute Gasteiger partial charge is 0.495 e. The molecule has 0 bridgehead atoms. The summed E-state index contributed by atoms with van der Waals surface area (Å²) < 4.78 is 27.9. The van der Waals surface area contributed by atoms with E-state index in [-0.39, 0.29) is 17.5 Å². The van der Waals surface area contributed by atoms with E-state index in [4.69, 9.17) is 4.74 Å². The van der Waals surface area contributed by atoms with E-state index in [0.717, 1.165) is 11.4 Å². The third-order valence-corrected chi connectivity index (χ3v) is 4.74. The summed E-state index contributed by atoms with van der Waals surface area (Å²) in [7, 11) is -1.16. The number of sulfone groups is 1. The highest BCUT2D eigenvalue weighted by Gasteiger charge is 2.23. The zero-order valence-electron chi connectivity index (χ0n) is 9.85. The molecule has 0 atom stereocenters. The number of nitrogens with one attached hydrogen (secondary N) is 1. The molecule has 1 heterocycles. The van der Waals surface area contributed by atoms with E-state index >= 15 is 0 Å². The van der Waals surface area contributed by atoms with Gasteiger partial charge < -0.3 is 10.1 Å². The molecule has 1 aliphatic rings. The summed E-state index contributed by atoms with van der Waals surface area (Å²) in [6.45, 7) is 0. The van der Waals surface area contributed by atoms with E-state index in [1.54, 1.807) is 7.11 Å². The first-order valence-corrected chi connectivity index (χ1v) is 7.53. The van der Waals surface area contributed by atoms with E-state index in [1.165, 1.54) is 0 Å². The molecule has 5 heteroatoms. The molecule has 1 saturated heterocycles. The SMILES string of the molecule is COc1ccccc1NC1CCS(=O)(=O)CC1. The van der Waals surface area contributed by atoms with Crippen LogP contribution in [0.25, 0.3) is 0 Å². The van der Waals surface area contributed by atoms with Gasteiger partial charge in [-0.25, -0.2) is 8.42 Å². The standard InChI is InChI=1S/C12H17NO3S/c1-16-12-5-3-2-4-11(12)13-10-6-8-17(14,15)9-7-10/h2-5,10,13H,6-9H2,1H3. The quantitative estimate of drug-likeness (QED) is 0.893. The predicted molar refractivity (Wildman–Crippen MR) is 68.3 cm³/mol. The van der Waals surface area contributed by atoms with Crippen molar-refractivity contribution in [3.8, 4) is 5.75 Å². The molecular weight excluding hydrogens is 238 g/mol.